The van der Waals surface area contributed by atoms with E-state index in [4.69, 9.17) is 23.9 Å². The molecule has 3 aromatic rings. The third kappa shape index (κ3) is 5.55. The van der Waals surface area contributed by atoms with E-state index in [0.29, 0.717) is 28.7 Å². The Kier molecular flexibility index (Phi) is 7.64. The van der Waals surface area contributed by atoms with Gasteiger partial charge in [0.2, 0.25) is 0 Å². The van der Waals surface area contributed by atoms with E-state index in [-0.39, 0.29) is 5.91 Å². The van der Waals surface area contributed by atoms with Crippen molar-refractivity contribution in [1.82, 2.24) is 9.88 Å². The Bertz CT molecular complexity index is 1070. The van der Waals surface area contributed by atoms with Crippen LogP contribution in [0.3, 0.4) is 0 Å². The highest BCUT2D eigenvalue weighted by Gasteiger charge is 2.23. The van der Waals surface area contributed by atoms with Crippen LogP contribution in [0.1, 0.15) is 16.8 Å². The van der Waals surface area contributed by atoms with E-state index in [0.717, 1.165) is 55.2 Å². The van der Waals surface area contributed by atoms with Crippen molar-refractivity contribution in [2.75, 3.05) is 65.6 Å². The quantitative estimate of drug-likeness (QED) is 0.471. The van der Waals surface area contributed by atoms with Crippen LogP contribution in [0.15, 0.2) is 36.4 Å². The Morgan fingerprint density at radius 1 is 1.03 bits per heavy atom. The van der Waals surface area contributed by atoms with Crippen molar-refractivity contribution in [3.8, 4) is 17.2 Å². The number of benzene rings is 2. The van der Waals surface area contributed by atoms with E-state index in [1.165, 1.54) is 11.3 Å². The first kappa shape index (κ1) is 23.3. The molecule has 1 fully saturated rings. The van der Waals surface area contributed by atoms with E-state index in [1.54, 1.807) is 44.4 Å². The molecule has 8 nitrogen and oxygen atoms in total. The number of hydrogen-bond donors (Lipinski definition) is 0. The maximum atomic E-state index is 13.7. The van der Waals surface area contributed by atoms with Gasteiger partial charge in [0.1, 0.15) is 17.2 Å². The van der Waals surface area contributed by atoms with Crippen LogP contribution in [0.25, 0.3) is 10.2 Å². The van der Waals surface area contributed by atoms with E-state index >= 15 is 0 Å². The van der Waals surface area contributed by atoms with Crippen molar-refractivity contribution in [2.45, 2.75) is 6.42 Å². The second-order valence-electron chi connectivity index (χ2n) is 7.70. The zero-order chi connectivity index (χ0) is 23.2. The van der Waals surface area contributed by atoms with Crippen molar-refractivity contribution < 1.29 is 23.7 Å². The van der Waals surface area contributed by atoms with Crippen LogP contribution < -0.4 is 19.1 Å². The molecule has 2 aromatic carbocycles. The first-order valence-corrected chi connectivity index (χ1v) is 11.7. The van der Waals surface area contributed by atoms with Gasteiger partial charge in [0, 0.05) is 37.8 Å². The van der Waals surface area contributed by atoms with Gasteiger partial charge in [0.15, 0.2) is 5.13 Å². The molecule has 0 radical (unpaired) electrons. The molecular weight excluding hydrogens is 442 g/mol. The predicted molar refractivity (Wildman–Crippen MR) is 129 cm³/mol. The lowest BCUT2D eigenvalue weighted by atomic mass is 10.1. The van der Waals surface area contributed by atoms with E-state index < -0.39 is 0 Å². The highest BCUT2D eigenvalue weighted by Crippen LogP contribution is 2.33. The standard InChI is InChI=1S/C24H29N3O5S/c1-29-18-5-6-21-22(16-18)33-24(25-21)27(8-4-7-26-9-11-32-12-10-26)23(28)17-13-19(30-2)15-20(14-17)31-3/h5-6,13-16H,4,7-12H2,1-3H3. The first-order valence-electron chi connectivity index (χ1n) is 10.9. The SMILES string of the molecule is COc1cc(OC)cc(C(=O)N(CCCN2CCOCC2)c2nc3ccc(OC)cc3s2)c1. The molecule has 1 aliphatic rings. The Morgan fingerprint density at radius 3 is 2.39 bits per heavy atom. The minimum Gasteiger partial charge on any atom is -0.497 e. The summed E-state index contributed by atoms with van der Waals surface area (Å²) in [5.74, 6) is 1.76. The summed E-state index contributed by atoms with van der Waals surface area (Å²) in [7, 11) is 4.79. The summed E-state index contributed by atoms with van der Waals surface area (Å²) in [5.41, 5.74) is 1.33. The topological polar surface area (TPSA) is 73.4 Å². The van der Waals surface area contributed by atoms with Gasteiger partial charge >= 0.3 is 0 Å². The van der Waals surface area contributed by atoms with Crippen LogP contribution in [0.4, 0.5) is 5.13 Å². The summed E-state index contributed by atoms with van der Waals surface area (Å²) >= 11 is 1.48. The van der Waals surface area contributed by atoms with E-state index in [2.05, 4.69) is 4.90 Å². The fourth-order valence-electron chi connectivity index (χ4n) is 3.78. The number of morpholine rings is 1. The van der Waals surface area contributed by atoms with Gasteiger partial charge < -0.3 is 18.9 Å². The highest BCUT2D eigenvalue weighted by molar-refractivity contribution is 7.22. The van der Waals surface area contributed by atoms with Crippen molar-refractivity contribution in [3.63, 3.8) is 0 Å². The van der Waals surface area contributed by atoms with Crippen LogP contribution in [0.5, 0.6) is 17.2 Å². The largest absolute Gasteiger partial charge is 0.497 e. The number of amides is 1. The number of thiazole rings is 1. The smallest absolute Gasteiger partial charge is 0.260 e. The molecule has 9 heteroatoms. The number of hydrogen-bond acceptors (Lipinski definition) is 8. The average molecular weight is 472 g/mol. The lowest BCUT2D eigenvalue weighted by Crippen LogP contribution is -2.39. The molecule has 4 rings (SSSR count). The Morgan fingerprint density at radius 2 is 1.73 bits per heavy atom. The van der Waals surface area contributed by atoms with Crippen LogP contribution in [-0.2, 0) is 4.74 Å². The molecule has 33 heavy (non-hydrogen) atoms. The van der Waals surface area contributed by atoms with Gasteiger partial charge in [0.25, 0.3) is 5.91 Å². The zero-order valence-electron chi connectivity index (χ0n) is 19.2. The molecule has 176 valence electrons. The number of nitrogens with zero attached hydrogens (tertiary/aromatic N) is 3. The third-order valence-electron chi connectivity index (χ3n) is 5.62. The minimum absolute atomic E-state index is 0.139. The molecule has 1 saturated heterocycles. The monoisotopic (exact) mass is 471 g/mol. The second-order valence-corrected chi connectivity index (χ2v) is 8.70. The van der Waals surface area contributed by atoms with Crippen LogP contribution in [0.2, 0.25) is 0 Å². The summed E-state index contributed by atoms with van der Waals surface area (Å²) in [6.07, 6.45) is 0.825. The van der Waals surface area contributed by atoms with Crippen molar-refractivity contribution in [1.29, 1.82) is 0 Å². The Labute approximate surface area is 197 Å². The molecule has 0 bridgehead atoms. The van der Waals surface area contributed by atoms with Gasteiger partial charge in [-0.05, 0) is 36.8 Å². The maximum absolute atomic E-state index is 13.7. The number of fused-ring (bicyclic) bond motifs is 1. The summed E-state index contributed by atoms with van der Waals surface area (Å²) in [4.78, 5) is 22.6. The van der Waals surface area contributed by atoms with Gasteiger partial charge in [-0.3, -0.25) is 14.6 Å². The van der Waals surface area contributed by atoms with Gasteiger partial charge in [-0.1, -0.05) is 11.3 Å². The maximum Gasteiger partial charge on any atom is 0.260 e. The van der Waals surface area contributed by atoms with E-state index in [1.807, 2.05) is 18.2 Å². The molecule has 1 aliphatic heterocycles. The minimum atomic E-state index is -0.139. The summed E-state index contributed by atoms with van der Waals surface area (Å²) in [6.45, 7) is 4.79. The first-order chi connectivity index (χ1) is 16.1. The molecule has 1 amide bonds. The Balaban J connectivity index is 1.62. The van der Waals surface area contributed by atoms with Gasteiger partial charge in [-0.2, -0.15) is 0 Å². The fourth-order valence-corrected chi connectivity index (χ4v) is 4.80. The summed E-state index contributed by atoms with van der Waals surface area (Å²) in [5, 5.41) is 0.659. The molecule has 0 unspecified atom stereocenters. The van der Waals surface area contributed by atoms with Crippen molar-refractivity contribution >= 4 is 32.6 Å². The summed E-state index contributed by atoms with van der Waals surface area (Å²) < 4.78 is 22.5. The molecule has 0 atom stereocenters. The van der Waals surface area contributed by atoms with Crippen molar-refractivity contribution in [3.05, 3.63) is 42.0 Å². The number of anilines is 1. The molecular formula is C24H29N3O5S. The molecule has 2 heterocycles. The van der Waals surface area contributed by atoms with Gasteiger partial charge in [-0.15, -0.1) is 0 Å². The van der Waals surface area contributed by atoms with Gasteiger partial charge in [-0.25, -0.2) is 4.98 Å². The summed E-state index contributed by atoms with van der Waals surface area (Å²) in [6, 6.07) is 11.0. The molecule has 0 saturated carbocycles. The molecule has 0 aliphatic carbocycles. The number of ether oxygens (including phenoxy) is 4. The third-order valence-corrected chi connectivity index (χ3v) is 6.66. The number of carbonyl (C=O) groups excluding carboxylic acids is 1. The molecule has 0 N–H and O–H groups in total. The highest BCUT2D eigenvalue weighted by atomic mass is 32.1. The van der Waals surface area contributed by atoms with Crippen LogP contribution >= 0.6 is 11.3 Å². The molecule has 1 aromatic heterocycles. The van der Waals surface area contributed by atoms with Crippen molar-refractivity contribution in [2.24, 2.45) is 0 Å². The average Bonchev–Trinajstić information content (AvgIpc) is 3.29. The second kappa shape index (κ2) is 10.8. The Hall–Kier alpha value is -2.88. The van der Waals surface area contributed by atoms with Gasteiger partial charge in [0.05, 0.1) is 44.8 Å². The van der Waals surface area contributed by atoms with E-state index in [9.17, 15) is 4.79 Å². The lowest BCUT2D eigenvalue weighted by molar-refractivity contribution is 0.0376. The number of carbonyl (C=O) groups is 1. The van der Waals surface area contributed by atoms with Crippen LogP contribution in [0, 0.1) is 0 Å². The normalized spacial score (nSPS) is 14.3. The number of methoxy groups -OCH3 is 3. The predicted octanol–water partition coefficient (Wildman–Crippen LogP) is 3.69. The lowest BCUT2D eigenvalue weighted by Gasteiger charge is -2.27. The fraction of sp³-hybridized carbons (Fsp3) is 0.417. The number of aromatic nitrogens is 1. The zero-order valence-corrected chi connectivity index (χ0v) is 20.0. The van der Waals surface area contributed by atoms with Crippen LogP contribution in [-0.4, -0.2) is 76.5 Å². The molecule has 0 spiro atoms. The number of rotatable bonds is 9.